The first-order chi connectivity index (χ1) is 15.0. The molecule has 0 amide bonds. The first kappa shape index (κ1) is 22.3. The molecule has 0 spiro atoms. The molecule has 2 aliphatic heterocycles. The van der Waals surface area contributed by atoms with Crippen LogP contribution in [-0.2, 0) is 0 Å². The number of aliphatic hydroxyl groups excluding tert-OH is 2. The van der Waals surface area contributed by atoms with E-state index in [0.717, 1.165) is 51.4 Å². The van der Waals surface area contributed by atoms with Gasteiger partial charge in [0, 0.05) is 24.2 Å². The van der Waals surface area contributed by atoms with Gasteiger partial charge in [-0.1, -0.05) is 13.8 Å². The zero-order chi connectivity index (χ0) is 22.6. The molecule has 14 atom stereocenters. The van der Waals surface area contributed by atoms with E-state index < -0.39 is 5.60 Å². The first-order valence-corrected chi connectivity index (χ1v) is 13.7. The molecule has 6 rings (SSSR count). The molecular weight excluding hydrogens is 402 g/mol. The quantitative estimate of drug-likeness (QED) is 0.391. The third-order valence-electron chi connectivity index (χ3n) is 12.3. The maximum atomic E-state index is 14.2. The number of rotatable bonds is 0. The SMILES string of the molecule is C[C@H]1CC[C@H]2[C@@](C)(O)[C@H]3CC[C@H]4[C@@H](C[C@H]5[C@H]4C[C@H](O)[C@H]4C[C@@H](O)CC[C@@]45C)[C@@H]3C[N@@+]2([O-])C1. The molecule has 0 bridgehead atoms. The second kappa shape index (κ2) is 7.16. The molecule has 0 aromatic heterocycles. The Bertz CT molecular complexity index is 753. The third kappa shape index (κ3) is 2.93. The summed E-state index contributed by atoms with van der Waals surface area (Å²) in [5.74, 6) is 3.50. The number of nitrogens with zero attached hydrogens (tertiary/aromatic N) is 1. The Labute approximate surface area is 193 Å². The van der Waals surface area contributed by atoms with Gasteiger partial charge in [0.1, 0.15) is 11.6 Å². The van der Waals surface area contributed by atoms with Gasteiger partial charge in [-0.25, -0.2) is 0 Å². The maximum absolute atomic E-state index is 14.2. The zero-order valence-corrected chi connectivity index (χ0v) is 20.3. The van der Waals surface area contributed by atoms with Gasteiger partial charge in [0.15, 0.2) is 0 Å². The van der Waals surface area contributed by atoms with Crippen molar-refractivity contribution in [1.82, 2.24) is 0 Å². The number of fused-ring (bicyclic) bond motifs is 8. The topological polar surface area (TPSA) is 83.8 Å². The molecule has 2 heterocycles. The number of hydrogen-bond acceptors (Lipinski definition) is 4. The molecule has 4 aliphatic carbocycles. The van der Waals surface area contributed by atoms with Crippen LogP contribution in [0.1, 0.15) is 78.6 Å². The highest BCUT2D eigenvalue weighted by Gasteiger charge is 2.66. The minimum Gasteiger partial charge on any atom is -0.633 e. The summed E-state index contributed by atoms with van der Waals surface area (Å²) in [7, 11) is 0. The van der Waals surface area contributed by atoms with Crippen molar-refractivity contribution in [2.45, 2.75) is 102 Å². The first-order valence-electron chi connectivity index (χ1n) is 13.7. The summed E-state index contributed by atoms with van der Waals surface area (Å²) < 4.78 is -0.164. The molecule has 4 saturated carbocycles. The van der Waals surface area contributed by atoms with Crippen LogP contribution in [-0.4, -0.2) is 56.9 Å². The lowest BCUT2D eigenvalue weighted by atomic mass is 9.51. The predicted molar refractivity (Wildman–Crippen MR) is 123 cm³/mol. The normalized spacial score (nSPS) is 64.0. The second-order valence-electron chi connectivity index (χ2n) is 13.8. The van der Waals surface area contributed by atoms with Crippen LogP contribution in [0.3, 0.4) is 0 Å². The van der Waals surface area contributed by atoms with Gasteiger partial charge in [-0.2, -0.15) is 0 Å². The Balaban J connectivity index is 1.32. The van der Waals surface area contributed by atoms with Crippen LogP contribution in [0.4, 0.5) is 0 Å². The summed E-state index contributed by atoms with van der Waals surface area (Å²) in [6.07, 6.45) is 8.25. The average Bonchev–Trinajstić information content (AvgIpc) is 3.08. The van der Waals surface area contributed by atoms with Crippen molar-refractivity contribution in [3.8, 4) is 0 Å². The van der Waals surface area contributed by atoms with Crippen molar-refractivity contribution in [3.05, 3.63) is 5.21 Å². The lowest BCUT2D eigenvalue weighted by Gasteiger charge is -2.66. The second-order valence-corrected chi connectivity index (χ2v) is 13.8. The van der Waals surface area contributed by atoms with Gasteiger partial charge in [0.05, 0.1) is 25.3 Å². The standard InChI is InChI=1S/C27H45NO4/c1-15-4-7-25-27(3,31)21-6-5-17-18(20(21)14-28(25,32)13-15)11-22-19(17)12-24(30)23-10-16(29)8-9-26(22,23)2/h15-25,29-31H,4-14H2,1-3H3/t15-,16-,17-,18+,19-,20-,21-,22-,23+,24-,25-,26+,27-,28-/m0/s1. The largest absolute Gasteiger partial charge is 0.633 e. The minimum atomic E-state index is -0.857. The van der Waals surface area contributed by atoms with Gasteiger partial charge in [-0.05, 0) is 93.3 Å². The highest BCUT2D eigenvalue weighted by Crippen LogP contribution is 2.67. The van der Waals surface area contributed by atoms with E-state index in [1.807, 2.05) is 6.92 Å². The summed E-state index contributed by atoms with van der Waals surface area (Å²) in [6, 6.07) is -0.149. The van der Waals surface area contributed by atoms with Crippen LogP contribution in [0.25, 0.3) is 0 Å². The summed E-state index contributed by atoms with van der Waals surface area (Å²) in [5, 5.41) is 47.5. The van der Waals surface area contributed by atoms with Crippen molar-refractivity contribution in [2.24, 2.45) is 52.8 Å². The summed E-state index contributed by atoms with van der Waals surface area (Å²) in [5.41, 5.74) is -0.748. The van der Waals surface area contributed by atoms with Gasteiger partial charge in [0.2, 0.25) is 0 Å². The van der Waals surface area contributed by atoms with Gasteiger partial charge in [-0.15, -0.1) is 0 Å². The lowest BCUT2D eigenvalue weighted by Crippen LogP contribution is -2.73. The fourth-order valence-corrected chi connectivity index (χ4v) is 11.0. The Hall–Kier alpha value is -0.200. The van der Waals surface area contributed by atoms with E-state index in [2.05, 4.69) is 13.8 Å². The Morgan fingerprint density at radius 3 is 2.34 bits per heavy atom. The average molecular weight is 448 g/mol. The predicted octanol–water partition coefficient (Wildman–Crippen LogP) is 3.69. The summed E-state index contributed by atoms with van der Waals surface area (Å²) in [6.45, 7) is 7.99. The van der Waals surface area contributed by atoms with Crippen LogP contribution >= 0.6 is 0 Å². The number of hydroxylamine groups is 3. The molecule has 0 radical (unpaired) electrons. The van der Waals surface area contributed by atoms with Crippen LogP contribution in [0, 0.1) is 58.0 Å². The van der Waals surface area contributed by atoms with E-state index in [9.17, 15) is 20.5 Å². The molecule has 32 heavy (non-hydrogen) atoms. The van der Waals surface area contributed by atoms with E-state index in [4.69, 9.17) is 0 Å². The molecule has 3 N–H and O–H groups in total. The summed E-state index contributed by atoms with van der Waals surface area (Å²) in [4.78, 5) is 0. The summed E-state index contributed by atoms with van der Waals surface area (Å²) >= 11 is 0. The van der Waals surface area contributed by atoms with E-state index >= 15 is 0 Å². The molecule has 182 valence electrons. The van der Waals surface area contributed by atoms with Crippen LogP contribution < -0.4 is 0 Å². The van der Waals surface area contributed by atoms with Crippen molar-refractivity contribution in [2.75, 3.05) is 13.1 Å². The molecule has 6 fully saturated rings. The Kier molecular flexibility index (Phi) is 4.99. The van der Waals surface area contributed by atoms with Crippen LogP contribution in [0.2, 0.25) is 0 Å². The Morgan fingerprint density at radius 2 is 1.56 bits per heavy atom. The van der Waals surface area contributed by atoms with Gasteiger partial charge in [0.25, 0.3) is 0 Å². The maximum Gasteiger partial charge on any atom is 0.118 e. The molecule has 6 aliphatic rings. The molecule has 0 aromatic rings. The van der Waals surface area contributed by atoms with E-state index in [1.165, 1.54) is 6.42 Å². The number of aliphatic hydroxyl groups is 3. The third-order valence-corrected chi connectivity index (χ3v) is 12.3. The molecule has 0 unspecified atom stereocenters. The van der Waals surface area contributed by atoms with Crippen molar-refractivity contribution in [1.29, 1.82) is 0 Å². The van der Waals surface area contributed by atoms with Crippen LogP contribution in [0.15, 0.2) is 0 Å². The van der Waals surface area contributed by atoms with E-state index in [-0.39, 0.29) is 40.1 Å². The molecule has 2 saturated heterocycles. The number of quaternary nitrogens is 1. The Morgan fingerprint density at radius 1 is 0.781 bits per heavy atom. The van der Waals surface area contributed by atoms with E-state index in [0.29, 0.717) is 48.6 Å². The molecule has 5 heteroatoms. The van der Waals surface area contributed by atoms with Crippen molar-refractivity contribution < 1.29 is 20.0 Å². The van der Waals surface area contributed by atoms with E-state index in [1.54, 1.807) is 0 Å². The van der Waals surface area contributed by atoms with Crippen molar-refractivity contribution >= 4 is 0 Å². The zero-order valence-electron chi connectivity index (χ0n) is 20.3. The molecular formula is C27H45NO4. The molecule has 5 nitrogen and oxygen atoms in total. The fourth-order valence-electron chi connectivity index (χ4n) is 11.0. The smallest absolute Gasteiger partial charge is 0.118 e. The highest BCUT2D eigenvalue weighted by atomic mass is 16.6. The minimum absolute atomic E-state index is 0.109. The van der Waals surface area contributed by atoms with Gasteiger partial charge < -0.3 is 25.2 Å². The number of hydrogen-bond donors (Lipinski definition) is 3. The van der Waals surface area contributed by atoms with Crippen LogP contribution in [0.5, 0.6) is 0 Å². The lowest BCUT2D eigenvalue weighted by molar-refractivity contribution is -0.933. The molecule has 0 aromatic carbocycles. The monoisotopic (exact) mass is 447 g/mol. The van der Waals surface area contributed by atoms with Gasteiger partial charge >= 0.3 is 0 Å². The fraction of sp³-hybridized carbons (Fsp3) is 1.00. The highest BCUT2D eigenvalue weighted by molar-refractivity contribution is 5.13. The van der Waals surface area contributed by atoms with Gasteiger partial charge in [-0.3, -0.25) is 0 Å². The van der Waals surface area contributed by atoms with Crippen molar-refractivity contribution in [3.63, 3.8) is 0 Å². The number of piperidine rings is 2.